The molecule has 2 heterocycles. The number of hydrogen-bond acceptors (Lipinski definition) is 3. The first-order chi connectivity index (χ1) is 14.0. The van der Waals surface area contributed by atoms with Gasteiger partial charge in [-0.3, -0.25) is 14.6 Å². The van der Waals surface area contributed by atoms with E-state index in [1.807, 2.05) is 37.3 Å². The summed E-state index contributed by atoms with van der Waals surface area (Å²) in [6.07, 6.45) is 3.38. The van der Waals surface area contributed by atoms with Gasteiger partial charge in [0.05, 0.1) is 5.52 Å². The average molecular weight is 390 g/mol. The van der Waals surface area contributed by atoms with Crippen LogP contribution < -0.4 is 0 Å². The molecule has 0 bridgehead atoms. The molecule has 4 nitrogen and oxygen atoms in total. The van der Waals surface area contributed by atoms with Crippen LogP contribution in [0.3, 0.4) is 0 Å². The molecule has 1 saturated heterocycles. The van der Waals surface area contributed by atoms with Gasteiger partial charge in [-0.15, -0.1) is 0 Å². The Hall–Kier alpha value is -3.08. The SMILES string of the molecule is Cc1ccc(CC(=O)C(=O)N2CCC(c3ccnc4ccc(F)cc34)CC2)cc1. The van der Waals surface area contributed by atoms with Crippen molar-refractivity contribution in [1.82, 2.24) is 9.88 Å². The molecule has 0 spiro atoms. The highest BCUT2D eigenvalue weighted by atomic mass is 19.1. The Labute approximate surface area is 169 Å². The molecule has 2 aromatic carbocycles. The van der Waals surface area contributed by atoms with E-state index in [4.69, 9.17) is 0 Å². The van der Waals surface area contributed by atoms with E-state index in [2.05, 4.69) is 4.98 Å². The largest absolute Gasteiger partial charge is 0.336 e. The van der Waals surface area contributed by atoms with Crippen molar-refractivity contribution < 1.29 is 14.0 Å². The van der Waals surface area contributed by atoms with Crippen molar-refractivity contribution in [3.8, 4) is 0 Å². The zero-order chi connectivity index (χ0) is 20.4. The van der Waals surface area contributed by atoms with Gasteiger partial charge in [0.1, 0.15) is 5.82 Å². The minimum Gasteiger partial charge on any atom is -0.336 e. The molecule has 29 heavy (non-hydrogen) atoms. The van der Waals surface area contributed by atoms with E-state index in [9.17, 15) is 14.0 Å². The fraction of sp³-hybridized carbons (Fsp3) is 0.292. The summed E-state index contributed by atoms with van der Waals surface area (Å²) in [7, 11) is 0. The molecule has 0 radical (unpaired) electrons. The quantitative estimate of drug-likeness (QED) is 0.628. The Balaban J connectivity index is 1.41. The summed E-state index contributed by atoms with van der Waals surface area (Å²) in [5.74, 6) is -0.835. The molecule has 0 aliphatic carbocycles. The van der Waals surface area contributed by atoms with Crippen LogP contribution in [-0.4, -0.2) is 34.7 Å². The summed E-state index contributed by atoms with van der Waals surface area (Å²) in [6, 6.07) is 14.2. The number of carbonyl (C=O) groups excluding carboxylic acids is 2. The molecule has 0 N–H and O–H groups in total. The Kier molecular flexibility index (Phi) is 5.38. The first-order valence-corrected chi connectivity index (χ1v) is 9.93. The number of benzene rings is 2. The Morgan fingerprint density at radius 2 is 1.79 bits per heavy atom. The Morgan fingerprint density at radius 3 is 2.52 bits per heavy atom. The summed E-state index contributed by atoms with van der Waals surface area (Å²) in [5, 5.41) is 0.827. The monoisotopic (exact) mass is 390 g/mol. The number of aryl methyl sites for hydroxylation is 1. The van der Waals surface area contributed by atoms with Gasteiger partial charge in [0, 0.05) is 31.1 Å². The molecule has 0 unspecified atom stereocenters. The number of fused-ring (bicyclic) bond motifs is 1. The summed E-state index contributed by atoms with van der Waals surface area (Å²) < 4.78 is 13.7. The molecule has 3 aromatic rings. The van der Waals surface area contributed by atoms with E-state index in [0.717, 1.165) is 40.4 Å². The molecule has 0 atom stereocenters. The van der Waals surface area contributed by atoms with Crippen LogP contribution in [0.25, 0.3) is 10.9 Å². The summed E-state index contributed by atoms with van der Waals surface area (Å²) in [5.41, 5.74) is 3.82. The second-order valence-corrected chi connectivity index (χ2v) is 7.71. The molecule has 148 valence electrons. The average Bonchev–Trinajstić information content (AvgIpc) is 2.74. The molecule has 5 heteroatoms. The zero-order valence-electron chi connectivity index (χ0n) is 16.4. The van der Waals surface area contributed by atoms with Crippen molar-refractivity contribution in [3.05, 3.63) is 77.2 Å². The zero-order valence-corrected chi connectivity index (χ0v) is 16.4. The highest BCUT2D eigenvalue weighted by molar-refractivity contribution is 6.36. The Bertz CT molecular complexity index is 1050. The predicted octanol–water partition coefficient (Wildman–Crippen LogP) is 4.20. The lowest BCUT2D eigenvalue weighted by molar-refractivity contribution is -0.145. The van der Waals surface area contributed by atoms with Crippen molar-refractivity contribution in [2.75, 3.05) is 13.1 Å². The smallest absolute Gasteiger partial charge is 0.290 e. The van der Waals surface area contributed by atoms with Gasteiger partial charge in [-0.1, -0.05) is 29.8 Å². The number of nitrogens with zero attached hydrogens (tertiary/aromatic N) is 2. The van der Waals surface area contributed by atoms with E-state index in [1.165, 1.54) is 12.1 Å². The highest BCUT2D eigenvalue weighted by Crippen LogP contribution is 2.32. The third-order valence-electron chi connectivity index (χ3n) is 5.68. The van der Waals surface area contributed by atoms with Gasteiger partial charge in [0.25, 0.3) is 5.91 Å². The second-order valence-electron chi connectivity index (χ2n) is 7.71. The van der Waals surface area contributed by atoms with Gasteiger partial charge in [0.2, 0.25) is 5.78 Å². The molecule has 1 aliphatic heterocycles. The number of piperidine rings is 1. The molecule has 1 aromatic heterocycles. The van der Waals surface area contributed by atoms with E-state index in [-0.39, 0.29) is 23.9 Å². The maximum Gasteiger partial charge on any atom is 0.290 e. The van der Waals surface area contributed by atoms with Crippen LogP contribution in [0.1, 0.15) is 35.4 Å². The minimum absolute atomic E-state index is 0.132. The van der Waals surface area contributed by atoms with Crippen molar-refractivity contribution in [2.24, 2.45) is 0 Å². The number of Topliss-reactive ketones (excluding diaryl/α,β-unsaturated/α-hetero) is 1. The number of ketones is 1. The normalized spacial score (nSPS) is 14.9. The van der Waals surface area contributed by atoms with Gasteiger partial charge in [0.15, 0.2) is 0 Å². The van der Waals surface area contributed by atoms with Crippen LogP contribution in [0.4, 0.5) is 4.39 Å². The summed E-state index contributed by atoms with van der Waals surface area (Å²) >= 11 is 0. The van der Waals surface area contributed by atoms with E-state index >= 15 is 0 Å². The van der Waals surface area contributed by atoms with Crippen LogP contribution in [0.2, 0.25) is 0 Å². The molecule has 0 saturated carbocycles. The maximum absolute atomic E-state index is 13.7. The van der Waals surface area contributed by atoms with E-state index in [1.54, 1.807) is 17.2 Å². The maximum atomic E-state index is 13.7. The standard InChI is InChI=1S/C24H23FN2O2/c1-16-2-4-17(5-3-16)14-23(28)24(29)27-12-9-18(10-13-27)20-8-11-26-22-7-6-19(25)15-21(20)22/h2-8,11,15,18H,9-10,12-14H2,1H3. The van der Waals surface area contributed by atoms with Crippen LogP contribution in [0.5, 0.6) is 0 Å². The number of aromatic nitrogens is 1. The number of likely N-dealkylation sites (tertiary alicyclic amines) is 1. The topological polar surface area (TPSA) is 50.3 Å². The lowest BCUT2D eigenvalue weighted by atomic mass is 9.87. The second kappa shape index (κ2) is 8.11. The van der Waals surface area contributed by atoms with Gasteiger partial charge in [-0.2, -0.15) is 0 Å². The Morgan fingerprint density at radius 1 is 1.07 bits per heavy atom. The first kappa shape index (κ1) is 19.2. The summed E-state index contributed by atoms with van der Waals surface area (Å²) in [6.45, 7) is 3.05. The number of halogens is 1. The number of hydrogen-bond donors (Lipinski definition) is 0. The fourth-order valence-corrected chi connectivity index (χ4v) is 4.03. The number of rotatable bonds is 4. The van der Waals surface area contributed by atoms with Crippen LogP contribution in [0.15, 0.2) is 54.7 Å². The number of carbonyl (C=O) groups is 2. The molecular formula is C24H23FN2O2. The van der Waals surface area contributed by atoms with Crippen molar-refractivity contribution in [1.29, 1.82) is 0 Å². The number of pyridine rings is 1. The first-order valence-electron chi connectivity index (χ1n) is 9.93. The van der Waals surface area contributed by atoms with Gasteiger partial charge in [-0.05, 0) is 61.1 Å². The van der Waals surface area contributed by atoms with Gasteiger partial charge >= 0.3 is 0 Å². The lowest BCUT2D eigenvalue weighted by Crippen LogP contribution is -2.42. The van der Waals surface area contributed by atoms with Crippen LogP contribution >= 0.6 is 0 Å². The molecule has 1 amide bonds. The molecule has 1 aliphatic rings. The van der Waals surface area contributed by atoms with Crippen LogP contribution in [0, 0.1) is 12.7 Å². The summed E-state index contributed by atoms with van der Waals surface area (Å²) in [4.78, 5) is 31.0. The molecule has 4 rings (SSSR count). The number of amides is 1. The third kappa shape index (κ3) is 4.19. The molecular weight excluding hydrogens is 367 g/mol. The van der Waals surface area contributed by atoms with Gasteiger partial charge in [-0.25, -0.2) is 4.39 Å². The fourth-order valence-electron chi connectivity index (χ4n) is 4.03. The van der Waals surface area contributed by atoms with Gasteiger partial charge < -0.3 is 4.90 Å². The highest BCUT2D eigenvalue weighted by Gasteiger charge is 2.28. The van der Waals surface area contributed by atoms with E-state index in [0.29, 0.717) is 13.1 Å². The van der Waals surface area contributed by atoms with Crippen molar-refractivity contribution in [2.45, 2.75) is 32.1 Å². The van der Waals surface area contributed by atoms with Crippen molar-refractivity contribution >= 4 is 22.6 Å². The van der Waals surface area contributed by atoms with Crippen LogP contribution in [-0.2, 0) is 16.0 Å². The van der Waals surface area contributed by atoms with Crippen molar-refractivity contribution in [3.63, 3.8) is 0 Å². The minimum atomic E-state index is -0.408. The van der Waals surface area contributed by atoms with E-state index < -0.39 is 5.91 Å². The molecule has 1 fully saturated rings. The predicted molar refractivity (Wildman–Crippen MR) is 110 cm³/mol. The lowest BCUT2D eigenvalue weighted by Gasteiger charge is -2.32. The third-order valence-corrected chi connectivity index (χ3v) is 5.68.